The van der Waals surface area contributed by atoms with Crippen LogP contribution in [-0.4, -0.2) is 38.3 Å². The number of aryl methyl sites for hydroxylation is 2. The minimum absolute atomic E-state index is 0.282. The Morgan fingerprint density at radius 3 is 2.87 bits per heavy atom. The molecule has 124 valence electrons. The number of rotatable bonds is 7. The van der Waals surface area contributed by atoms with Crippen LogP contribution in [0.15, 0.2) is 23.4 Å². The van der Waals surface area contributed by atoms with Crippen LogP contribution in [-0.2, 0) is 7.05 Å². The van der Waals surface area contributed by atoms with Crippen molar-refractivity contribution in [1.29, 1.82) is 0 Å². The van der Waals surface area contributed by atoms with Crippen LogP contribution in [0.1, 0.15) is 35.7 Å². The Balaban J connectivity index is 1.49. The van der Waals surface area contributed by atoms with Crippen molar-refractivity contribution in [3.63, 3.8) is 0 Å². The third-order valence-corrected chi connectivity index (χ3v) is 5.16. The van der Waals surface area contributed by atoms with Crippen molar-refractivity contribution in [2.75, 3.05) is 12.4 Å². The first-order chi connectivity index (χ1) is 11.0. The minimum Gasteiger partial charge on any atom is -0.491 e. The molecule has 0 spiro atoms. The van der Waals surface area contributed by atoms with Crippen LogP contribution >= 0.6 is 11.8 Å². The summed E-state index contributed by atoms with van der Waals surface area (Å²) in [5, 5.41) is 19.5. The summed E-state index contributed by atoms with van der Waals surface area (Å²) in [6.07, 6.45) is 1.88. The van der Waals surface area contributed by atoms with Crippen molar-refractivity contribution in [3.05, 3.63) is 35.2 Å². The third kappa shape index (κ3) is 4.06. The molecule has 1 heterocycles. The first-order valence-corrected chi connectivity index (χ1v) is 8.93. The number of benzene rings is 1. The first kappa shape index (κ1) is 16.3. The maximum Gasteiger partial charge on any atom is 0.191 e. The Morgan fingerprint density at radius 1 is 1.35 bits per heavy atom. The molecule has 0 aliphatic heterocycles. The monoisotopic (exact) mass is 333 g/mol. The lowest BCUT2D eigenvalue weighted by Crippen LogP contribution is -2.20. The summed E-state index contributed by atoms with van der Waals surface area (Å²) >= 11 is 1.52. The number of ether oxygens (including phenoxy) is 1. The third-order valence-electron chi connectivity index (χ3n) is 3.99. The standard InChI is InChI=1S/C17H23N3O2S/c1-11-4-5-12(2)15(8-11)22-9-14(21)10-23-17-19-18-16(20(17)3)13-6-7-13/h4-5,8,13-14,21H,6-7,9-10H2,1-3H3. The van der Waals surface area contributed by atoms with Crippen molar-refractivity contribution in [2.45, 2.75) is 43.9 Å². The van der Waals surface area contributed by atoms with Crippen molar-refractivity contribution < 1.29 is 9.84 Å². The molecule has 0 saturated heterocycles. The van der Waals surface area contributed by atoms with Gasteiger partial charge < -0.3 is 14.4 Å². The van der Waals surface area contributed by atoms with Gasteiger partial charge in [-0.2, -0.15) is 0 Å². The summed E-state index contributed by atoms with van der Waals surface area (Å²) in [5.41, 5.74) is 2.24. The van der Waals surface area contributed by atoms with E-state index in [1.54, 1.807) is 0 Å². The van der Waals surface area contributed by atoms with Crippen LogP contribution in [0, 0.1) is 13.8 Å². The molecule has 1 unspecified atom stereocenters. The van der Waals surface area contributed by atoms with E-state index in [-0.39, 0.29) is 6.61 Å². The van der Waals surface area contributed by atoms with Gasteiger partial charge in [0.1, 0.15) is 18.2 Å². The highest BCUT2D eigenvalue weighted by molar-refractivity contribution is 7.99. The molecule has 6 heteroatoms. The van der Waals surface area contributed by atoms with E-state index in [0.717, 1.165) is 27.9 Å². The van der Waals surface area contributed by atoms with Gasteiger partial charge in [-0.15, -0.1) is 10.2 Å². The molecule has 1 aromatic carbocycles. The Morgan fingerprint density at radius 2 is 2.13 bits per heavy atom. The van der Waals surface area contributed by atoms with Gasteiger partial charge in [0.25, 0.3) is 0 Å². The molecule has 5 nitrogen and oxygen atoms in total. The van der Waals surface area contributed by atoms with E-state index >= 15 is 0 Å². The van der Waals surface area contributed by atoms with E-state index in [1.165, 1.54) is 24.6 Å². The van der Waals surface area contributed by atoms with Crippen molar-refractivity contribution in [3.8, 4) is 5.75 Å². The van der Waals surface area contributed by atoms with Crippen LogP contribution in [0.25, 0.3) is 0 Å². The van der Waals surface area contributed by atoms with Crippen molar-refractivity contribution in [2.24, 2.45) is 7.05 Å². The van der Waals surface area contributed by atoms with Gasteiger partial charge in [-0.25, -0.2) is 0 Å². The van der Waals surface area contributed by atoms with Gasteiger partial charge in [0.2, 0.25) is 0 Å². The van der Waals surface area contributed by atoms with E-state index in [0.29, 0.717) is 11.7 Å². The Hall–Kier alpha value is -1.53. The zero-order chi connectivity index (χ0) is 16.4. The average molecular weight is 333 g/mol. The molecule has 1 saturated carbocycles. The Labute approximate surface area is 141 Å². The van der Waals surface area contributed by atoms with E-state index in [1.807, 2.05) is 37.6 Å². The maximum atomic E-state index is 10.1. The number of aliphatic hydroxyl groups excluding tert-OH is 1. The molecule has 1 fully saturated rings. The molecule has 0 amide bonds. The fourth-order valence-corrected chi connectivity index (χ4v) is 3.24. The molecule has 1 aromatic heterocycles. The van der Waals surface area contributed by atoms with Gasteiger partial charge in [-0.05, 0) is 43.9 Å². The minimum atomic E-state index is -0.541. The van der Waals surface area contributed by atoms with E-state index in [2.05, 4.69) is 16.3 Å². The Kier molecular flexibility index (Phi) is 4.92. The SMILES string of the molecule is Cc1ccc(C)c(OCC(O)CSc2nnc(C3CC3)n2C)c1. The van der Waals surface area contributed by atoms with Gasteiger partial charge in [0.15, 0.2) is 5.16 Å². The number of hydrogen-bond acceptors (Lipinski definition) is 5. The quantitative estimate of drug-likeness (QED) is 0.790. The van der Waals surface area contributed by atoms with Crippen LogP contribution in [0.3, 0.4) is 0 Å². The van der Waals surface area contributed by atoms with Crippen molar-refractivity contribution in [1.82, 2.24) is 14.8 Å². The molecule has 0 radical (unpaired) electrons. The van der Waals surface area contributed by atoms with Crippen LogP contribution in [0.5, 0.6) is 5.75 Å². The molecule has 1 aliphatic rings. The van der Waals surface area contributed by atoms with Gasteiger partial charge >= 0.3 is 0 Å². The highest BCUT2D eigenvalue weighted by Crippen LogP contribution is 2.39. The van der Waals surface area contributed by atoms with E-state index < -0.39 is 6.10 Å². The fourth-order valence-electron chi connectivity index (χ4n) is 2.42. The summed E-state index contributed by atoms with van der Waals surface area (Å²) in [6.45, 7) is 4.32. The largest absolute Gasteiger partial charge is 0.491 e. The van der Waals surface area contributed by atoms with Crippen LogP contribution in [0.4, 0.5) is 0 Å². The number of thioether (sulfide) groups is 1. The van der Waals surface area contributed by atoms with Crippen LogP contribution < -0.4 is 4.74 Å². The van der Waals surface area contributed by atoms with Crippen molar-refractivity contribution >= 4 is 11.8 Å². The molecular formula is C17H23N3O2S. The summed E-state index contributed by atoms with van der Waals surface area (Å²) in [7, 11) is 2.00. The van der Waals surface area contributed by atoms with Gasteiger partial charge in [0.05, 0.1) is 6.10 Å². The van der Waals surface area contributed by atoms with Gasteiger partial charge in [-0.3, -0.25) is 0 Å². The second kappa shape index (κ2) is 6.93. The number of nitrogens with zero attached hydrogens (tertiary/aromatic N) is 3. The summed E-state index contributed by atoms with van der Waals surface area (Å²) in [6, 6.07) is 6.09. The second-order valence-corrected chi connectivity index (χ2v) is 7.21. The predicted molar refractivity (Wildman–Crippen MR) is 91.1 cm³/mol. The molecular weight excluding hydrogens is 310 g/mol. The highest BCUT2D eigenvalue weighted by atomic mass is 32.2. The molecule has 0 bridgehead atoms. The lowest BCUT2D eigenvalue weighted by atomic mass is 10.1. The summed E-state index contributed by atoms with van der Waals surface area (Å²) in [4.78, 5) is 0. The van der Waals surface area contributed by atoms with Crippen LogP contribution in [0.2, 0.25) is 0 Å². The number of aromatic nitrogens is 3. The average Bonchev–Trinajstić information content (AvgIpc) is 3.30. The maximum absolute atomic E-state index is 10.1. The number of hydrogen-bond donors (Lipinski definition) is 1. The first-order valence-electron chi connectivity index (χ1n) is 7.95. The van der Waals surface area contributed by atoms with Gasteiger partial charge in [-0.1, -0.05) is 23.9 Å². The molecule has 23 heavy (non-hydrogen) atoms. The predicted octanol–water partition coefficient (Wildman–Crippen LogP) is 2.84. The Bertz CT molecular complexity index is 682. The highest BCUT2D eigenvalue weighted by Gasteiger charge is 2.29. The second-order valence-electron chi connectivity index (χ2n) is 6.22. The molecule has 1 N–H and O–H groups in total. The van der Waals surface area contributed by atoms with E-state index in [9.17, 15) is 5.11 Å². The smallest absolute Gasteiger partial charge is 0.191 e. The number of aliphatic hydroxyl groups is 1. The van der Waals surface area contributed by atoms with E-state index in [4.69, 9.17) is 4.74 Å². The zero-order valence-corrected chi connectivity index (χ0v) is 14.6. The van der Waals surface area contributed by atoms with Gasteiger partial charge in [0, 0.05) is 18.7 Å². The normalized spacial score (nSPS) is 15.7. The molecule has 3 rings (SSSR count). The molecule has 1 atom stereocenters. The fraction of sp³-hybridized carbons (Fsp3) is 0.529. The summed E-state index contributed by atoms with van der Waals surface area (Å²) in [5.74, 6) is 3.03. The molecule has 1 aliphatic carbocycles. The molecule has 2 aromatic rings. The zero-order valence-electron chi connectivity index (χ0n) is 13.8. The topological polar surface area (TPSA) is 60.2 Å². The lowest BCUT2D eigenvalue weighted by molar-refractivity contribution is 0.126. The summed E-state index contributed by atoms with van der Waals surface area (Å²) < 4.78 is 7.79. The lowest BCUT2D eigenvalue weighted by Gasteiger charge is -2.14.